The quantitative estimate of drug-likeness (QED) is 0.676. The maximum Gasteiger partial charge on any atom is 0.264 e. The molecule has 0 spiro atoms. The summed E-state index contributed by atoms with van der Waals surface area (Å²) in [5.74, 6) is -0.178. The second kappa shape index (κ2) is 8.37. The predicted octanol–water partition coefficient (Wildman–Crippen LogP) is 2.44. The van der Waals surface area contributed by atoms with Gasteiger partial charge in [-0.25, -0.2) is 13.1 Å². The fourth-order valence-electron chi connectivity index (χ4n) is 3.48. The molecule has 4 rings (SSSR count). The second-order valence-corrected chi connectivity index (χ2v) is 10.0. The van der Waals surface area contributed by atoms with Crippen molar-refractivity contribution < 1.29 is 22.7 Å². The van der Waals surface area contributed by atoms with Gasteiger partial charge in [-0.3, -0.25) is 9.59 Å². The van der Waals surface area contributed by atoms with Crippen molar-refractivity contribution in [3.05, 3.63) is 40.6 Å². The first kappa shape index (κ1) is 20.8. The lowest BCUT2D eigenvalue weighted by molar-refractivity contribution is -0.119. The highest BCUT2D eigenvalue weighted by Crippen LogP contribution is 2.30. The van der Waals surface area contributed by atoms with Crippen molar-refractivity contribution in [2.45, 2.75) is 42.7 Å². The number of rotatable bonds is 7. The molecule has 2 amide bonds. The average molecular weight is 450 g/mol. The van der Waals surface area contributed by atoms with Gasteiger partial charge in [0.05, 0.1) is 22.6 Å². The smallest absolute Gasteiger partial charge is 0.264 e. The van der Waals surface area contributed by atoms with E-state index in [1.54, 1.807) is 17.0 Å². The van der Waals surface area contributed by atoms with Gasteiger partial charge in [0.2, 0.25) is 15.9 Å². The van der Waals surface area contributed by atoms with E-state index >= 15 is 0 Å². The molecule has 8 nitrogen and oxygen atoms in total. The molecule has 2 N–H and O–H groups in total. The van der Waals surface area contributed by atoms with Crippen molar-refractivity contribution in [2.75, 3.05) is 19.0 Å². The summed E-state index contributed by atoms with van der Waals surface area (Å²) in [6.07, 6.45) is 2.93. The molecule has 30 heavy (non-hydrogen) atoms. The van der Waals surface area contributed by atoms with Gasteiger partial charge >= 0.3 is 0 Å². The first-order valence-electron chi connectivity index (χ1n) is 9.75. The molecule has 160 valence electrons. The minimum absolute atomic E-state index is 0.0227. The molecule has 1 atom stereocenters. The van der Waals surface area contributed by atoms with Gasteiger partial charge in [0.15, 0.2) is 0 Å². The van der Waals surface area contributed by atoms with Gasteiger partial charge < -0.3 is 15.0 Å². The lowest BCUT2D eigenvalue weighted by Crippen LogP contribution is -2.43. The van der Waals surface area contributed by atoms with Crippen LogP contribution >= 0.6 is 11.3 Å². The maximum absolute atomic E-state index is 13.0. The predicted molar refractivity (Wildman–Crippen MR) is 113 cm³/mol. The molecular weight excluding hydrogens is 426 g/mol. The van der Waals surface area contributed by atoms with E-state index in [9.17, 15) is 18.0 Å². The minimum Gasteiger partial charge on any atom is -0.495 e. The summed E-state index contributed by atoms with van der Waals surface area (Å²) in [7, 11) is -2.22. The topological polar surface area (TPSA) is 105 Å². The highest BCUT2D eigenvalue weighted by atomic mass is 32.2. The van der Waals surface area contributed by atoms with Crippen molar-refractivity contribution in [3.8, 4) is 5.75 Å². The van der Waals surface area contributed by atoms with Crippen LogP contribution in [0.5, 0.6) is 5.75 Å². The average Bonchev–Trinajstić information content (AvgIpc) is 3.20. The monoisotopic (exact) mass is 449 g/mol. The molecule has 1 aromatic carbocycles. The second-order valence-electron chi connectivity index (χ2n) is 7.38. The fraction of sp³-hybridized carbons (Fsp3) is 0.400. The van der Waals surface area contributed by atoms with Crippen LogP contribution in [0.2, 0.25) is 0 Å². The van der Waals surface area contributed by atoms with Crippen LogP contribution in [-0.2, 0) is 14.8 Å². The Kier molecular flexibility index (Phi) is 5.81. The van der Waals surface area contributed by atoms with Crippen LogP contribution in [-0.4, -0.2) is 50.9 Å². The molecule has 1 aliphatic heterocycles. The summed E-state index contributed by atoms with van der Waals surface area (Å²) >= 11 is 1.34. The molecule has 1 saturated carbocycles. The van der Waals surface area contributed by atoms with E-state index in [1.165, 1.54) is 36.6 Å². The van der Waals surface area contributed by atoms with E-state index in [4.69, 9.17) is 4.74 Å². The minimum atomic E-state index is -3.67. The van der Waals surface area contributed by atoms with Gasteiger partial charge in [-0.15, -0.1) is 11.3 Å². The highest BCUT2D eigenvalue weighted by Gasteiger charge is 2.35. The Morgan fingerprint density at radius 1 is 1.20 bits per heavy atom. The fourth-order valence-corrected chi connectivity index (χ4v) is 5.49. The van der Waals surface area contributed by atoms with Gasteiger partial charge in [-0.05, 0) is 55.3 Å². The summed E-state index contributed by atoms with van der Waals surface area (Å²) in [4.78, 5) is 28.0. The third kappa shape index (κ3) is 4.35. The molecule has 10 heteroatoms. The molecule has 2 aliphatic rings. The summed E-state index contributed by atoms with van der Waals surface area (Å²) < 4.78 is 33.0. The summed E-state index contributed by atoms with van der Waals surface area (Å²) in [5, 5.41) is 4.59. The lowest BCUT2D eigenvalue weighted by atomic mass is 10.2. The number of benzene rings is 1. The van der Waals surface area contributed by atoms with Crippen molar-refractivity contribution in [2.24, 2.45) is 0 Å². The molecule has 1 aliphatic carbocycles. The number of carbonyl (C=O) groups is 2. The van der Waals surface area contributed by atoms with Gasteiger partial charge in [0.25, 0.3) is 5.91 Å². The third-order valence-electron chi connectivity index (χ3n) is 5.19. The number of methoxy groups -OCH3 is 1. The number of amides is 2. The molecule has 2 aromatic rings. The van der Waals surface area contributed by atoms with E-state index in [-0.39, 0.29) is 28.4 Å². The van der Waals surface area contributed by atoms with Crippen molar-refractivity contribution in [3.63, 3.8) is 0 Å². The Labute approximate surface area is 179 Å². The van der Waals surface area contributed by atoms with Gasteiger partial charge in [-0.2, -0.15) is 0 Å². The molecule has 1 aromatic heterocycles. The van der Waals surface area contributed by atoms with Crippen molar-refractivity contribution >= 4 is 38.9 Å². The number of nitrogens with zero attached hydrogens (tertiary/aromatic N) is 1. The number of nitrogens with one attached hydrogen (secondary N) is 2. The van der Waals surface area contributed by atoms with Crippen LogP contribution in [0.25, 0.3) is 0 Å². The van der Waals surface area contributed by atoms with E-state index < -0.39 is 16.1 Å². The van der Waals surface area contributed by atoms with Gasteiger partial charge in [0, 0.05) is 12.6 Å². The lowest BCUT2D eigenvalue weighted by Gasteiger charge is -2.24. The largest absolute Gasteiger partial charge is 0.495 e. The molecular formula is C20H23N3O5S2. The van der Waals surface area contributed by atoms with Crippen LogP contribution in [0.4, 0.5) is 5.69 Å². The van der Waals surface area contributed by atoms with Gasteiger partial charge in [0.1, 0.15) is 11.8 Å². The Hall–Kier alpha value is -2.43. The zero-order valence-electron chi connectivity index (χ0n) is 16.5. The van der Waals surface area contributed by atoms with Crippen LogP contribution < -0.4 is 14.8 Å². The number of sulfonamides is 1. The number of likely N-dealkylation sites (tertiary alicyclic amines) is 1. The van der Waals surface area contributed by atoms with E-state index in [0.29, 0.717) is 23.6 Å². The highest BCUT2D eigenvalue weighted by molar-refractivity contribution is 7.89. The van der Waals surface area contributed by atoms with Crippen molar-refractivity contribution in [1.29, 1.82) is 0 Å². The third-order valence-corrected chi connectivity index (χ3v) is 7.56. The molecule has 0 unspecified atom stereocenters. The summed E-state index contributed by atoms with van der Waals surface area (Å²) in [6.45, 7) is 0.506. The van der Waals surface area contributed by atoms with Crippen molar-refractivity contribution in [1.82, 2.24) is 9.62 Å². The maximum atomic E-state index is 13.0. The zero-order valence-corrected chi connectivity index (χ0v) is 18.1. The van der Waals surface area contributed by atoms with Crippen LogP contribution in [0.1, 0.15) is 35.4 Å². The van der Waals surface area contributed by atoms with Gasteiger partial charge in [-0.1, -0.05) is 6.07 Å². The summed E-state index contributed by atoms with van der Waals surface area (Å²) in [6, 6.07) is 7.25. The number of thiophene rings is 1. The first-order valence-corrected chi connectivity index (χ1v) is 12.1. The summed E-state index contributed by atoms with van der Waals surface area (Å²) in [5.41, 5.74) is 0.261. The number of ether oxygens (including phenoxy) is 1. The number of hydrogen-bond acceptors (Lipinski definition) is 6. The molecule has 0 bridgehead atoms. The van der Waals surface area contributed by atoms with E-state index in [2.05, 4.69) is 10.0 Å². The molecule has 0 radical (unpaired) electrons. The molecule has 2 fully saturated rings. The van der Waals surface area contributed by atoms with E-state index in [0.717, 1.165) is 19.3 Å². The number of carbonyl (C=O) groups excluding carboxylic acids is 2. The Morgan fingerprint density at radius 2 is 2.00 bits per heavy atom. The Balaban J connectivity index is 1.54. The molecule has 2 heterocycles. The SMILES string of the molecule is COc1ccc(S(=O)(=O)NC2CC2)cc1NC(=O)[C@@H]1CCCN1C(=O)c1cccs1. The van der Waals surface area contributed by atoms with Crippen LogP contribution in [0.3, 0.4) is 0 Å². The normalized spacial score (nSPS) is 19.0. The zero-order chi connectivity index (χ0) is 21.3. The number of hydrogen-bond donors (Lipinski definition) is 2. The van der Waals surface area contributed by atoms with Crippen LogP contribution in [0, 0.1) is 0 Å². The van der Waals surface area contributed by atoms with Crippen LogP contribution in [0.15, 0.2) is 40.6 Å². The standard InChI is InChI=1S/C20H23N3O5S2/c1-28-17-9-8-14(30(26,27)22-13-6-7-13)12-15(17)21-19(24)16-4-2-10-23(16)20(25)18-5-3-11-29-18/h3,5,8-9,11-13,16,22H,2,4,6-7,10H2,1H3,(H,21,24)/t16-/m0/s1. The Morgan fingerprint density at radius 3 is 2.67 bits per heavy atom. The van der Waals surface area contributed by atoms with E-state index in [1.807, 2.05) is 5.38 Å². The number of anilines is 1. The first-order chi connectivity index (χ1) is 14.4. The Bertz CT molecular complexity index is 1050. The molecule has 1 saturated heterocycles.